The van der Waals surface area contributed by atoms with Crippen molar-refractivity contribution in [3.8, 4) is 5.75 Å². The van der Waals surface area contributed by atoms with Gasteiger partial charge in [-0.2, -0.15) is 0 Å². The summed E-state index contributed by atoms with van der Waals surface area (Å²) in [5.41, 5.74) is 1.85. The van der Waals surface area contributed by atoms with Crippen LogP contribution < -0.4 is 16.0 Å². The van der Waals surface area contributed by atoms with Crippen molar-refractivity contribution < 1.29 is 14.2 Å². The summed E-state index contributed by atoms with van der Waals surface area (Å²) in [6, 6.07) is 29.3. The number of aromatic nitrogens is 2. The van der Waals surface area contributed by atoms with E-state index in [0.29, 0.717) is 0 Å². The van der Waals surface area contributed by atoms with Gasteiger partial charge in [0.15, 0.2) is 6.23 Å². The molecular formula is C30H28N2O5. The van der Waals surface area contributed by atoms with Crippen molar-refractivity contribution >= 4 is 0 Å². The van der Waals surface area contributed by atoms with Gasteiger partial charge in [-0.05, 0) is 41.3 Å². The number of H-pyrrole nitrogens is 1. The third-order valence-electron chi connectivity index (χ3n) is 6.57. The van der Waals surface area contributed by atoms with Gasteiger partial charge < -0.3 is 14.2 Å². The summed E-state index contributed by atoms with van der Waals surface area (Å²) in [5, 5.41) is 0. The molecule has 4 aromatic rings. The van der Waals surface area contributed by atoms with Crippen molar-refractivity contribution in [2.75, 3.05) is 13.7 Å². The minimum atomic E-state index is -0.924. The van der Waals surface area contributed by atoms with Crippen molar-refractivity contribution in [3.63, 3.8) is 0 Å². The Labute approximate surface area is 214 Å². The van der Waals surface area contributed by atoms with Crippen molar-refractivity contribution in [1.29, 1.82) is 0 Å². The fourth-order valence-corrected chi connectivity index (χ4v) is 4.80. The lowest BCUT2D eigenvalue weighted by atomic mass is 9.80. The molecule has 0 saturated carbocycles. The number of methoxy groups -OCH3 is 1. The molecule has 7 heteroatoms. The molecule has 7 nitrogen and oxygen atoms in total. The standard InChI is InChI=1S/C30H28N2O5/c1-21-19-26(37-28(21)32-18-17-27(33)31-29(32)34)20-36-30(22-9-5-3-6-10-22,23-11-7-4-8-12-23)24-13-15-25(35-2)16-14-24/h3-19,26,28H,20H2,1-2H3,(H,31,33,34)/t26-,28+/m0/s1. The molecule has 0 bridgehead atoms. The molecule has 0 radical (unpaired) electrons. The van der Waals surface area contributed by atoms with Gasteiger partial charge in [-0.1, -0.05) is 78.9 Å². The summed E-state index contributed by atoms with van der Waals surface area (Å²) in [6.45, 7) is 2.12. The molecule has 5 rings (SSSR count). The predicted octanol–water partition coefficient (Wildman–Crippen LogP) is 4.40. The zero-order valence-corrected chi connectivity index (χ0v) is 20.7. The molecule has 0 saturated heterocycles. The predicted molar refractivity (Wildman–Crippen MR) is 141 cm³/mol. The van der Waals surface area contributed by atoms with E-state index < -0.39 is 29.2 Å². The van der Waals surface area contributed by atoms with Crippen LogP contribution in [0.25, 0.3) is 0 Å². The Morgan fingerprint density at radius 2 is 1.46 bits per heavy atom. The number of rotatable bonds is 8. The molecule has 1 aliphatic heterocycles. The molecule has 1 aliphatic rings. The third kappa shape index (κ3) is 4.79. The van der Waals surface area contributed by atoms with Crippen LogP contribution in [0.1, 0.15) is 29.8 Å². The van der Waals surface area contributed by atoms with Crippen LogP contribution in [0.4, 0.5) is 0 Å². The SMILES string of the molecule is COc1ccc(C(OC[C@@H]2C=C(C)[C@H](n3ccc(=O)[nH]c3=O)O2)(c2ccccc2)c2ccccc2)cc1. The smallest absolute Gasteiger partial charge is 0.330 e. The number of hydrogen-bond acceptors (Lipinski definition) is 5. The van der Waals surface area contributed by atoms with Crippen LogP contribution in [0.5, 0.6) is 5.75 Å². The molecule has 0 amide bonds. The summed E-state index contributed by atoms with van der Waals surface area (Å²) in [4.78, 5) is 26.2. The summed E-state index contributed by atoms with van der Waals surface area (Å²) < 4.78 is 19.9. The molecule has 0 spiro atoms. The average Bonchev–Trinajstić information content (AvgIpc) is 3.30. The molecule has 1 N–H and O–H groups in total. The first-order valence-electron chi connectivity index (χ1n) is 12.1. The molecule has 1 aromatic heterocycles. The van der Waals surface area contributed by atoms with E-state index in [2.05, 4.69) is 29.2 Å². The fourth-order valence-electron chi connectivity index (χ4n) is 4.80. The Bertz CT molecular complexity index is 1450. The topological polar surface area (TPSA) is 82.5 Å². The van der Waals surface area contributed by atoms with Gasteiger partial charge in [0.1, 0.15) is 17.5 Å². The van der Waals surface area contributed by atoms with Crippen LogP contribution in [-0.2, 0) is 15.1 Å². The van der Waals surface area contributed by atoms with Crippen molar-refractivity contribution in [2.24, 2.45) is 0 Å². The maximum absolute atomic E-state index is 12.4. The number of benzene rings is 3. The minimum absolute atomic E-state index is 0.224. The second-order valence-corrected chi connectivity index (χ2v) is 8.91. The van der Waals surface area contributed by atoms with Gasteiger partial charge in [0.25, 0.3) is 5.56 Å². The van der Waals surface area contributed by atoms with E-state index in [1.54, 1.807) is 7.11 Å². The van der Waals surface area contributed by atoms with E-state index in [4.69, 9.17) is 14.2 Å². The summed E-state index contributed by atoms with van der Waals surface area (Å²) in [6.07, 6.45) is 2.37. The van der Waals surface area contributed by atoms with E-state index in [0.717, 1.165) is 28.0 Å². The van der Waals surface area contributed by atoms with Gasteiger partial charge in [0, 0.05) is 12.3 Å². The van der Waals surface area contributed by atoms with Crippen LogP contribution in [0.15, 0.2) is 118 Å². The molecule has 2 atom stereocenters. The number of nitrogens with zero attached hydrogens (tertiary/aromatic N) is 1. The number of aromatic amines is 1. The molecule has 3 aromatic carbocycles. The molecule has 0 unspecified atom stereocenters. The Balaban J connectivity index is 1.52. The monoisotopic (exact) mass is 496 g/mol. The van der Waals surface area contributed by atoms with Crippen molar-refractivity contribution in [1.82, 2.24) is 9.55 Å². The number of nitrogens with one attached hydrogen (secondary N) is 1. The number of hydrogen-bond donors (Lipinski definition) is 1. The van der Waals surface area contributed by atoms with Crippen LogP contribution in [-0.4, -0.2) is 29.4 Å². The van der Waals surface area contributed by atoms with Crippen molar-refractivity contribution in [3.05, 3.63) is 146 Å². The first-order valence-corrected chi connectivity index (χ1v) is 12.1. The maximum atomic E-state index is 12.4. The van der Waals surface area contributed by atoms with E-state index in [-0.39, 0.29) is 6.61 Å². The highest BCUT2D eigenvalue weighted by Crippen LogP contribution is 2.42. The van der Waals surface area contributed by atoms with Crippen LogP contribution in [0, 0.1) is 0 Å². The zero-order valence-electron chi connectivity index (χ0n) is 20.7. The van der Waals surface area contributed by atoms with Gasteiger partial charge in [0.2, 0.25) is 0 Å². The van der Waals surface area contributed by atoms with Crippen LogP contribution in [0.3, 0.4) is 0 Å². The normalized spacial score (nSPS) is 17.4. The summed E-state index contributed by atoms with van der Waals surface area (Å²) in [5.74, 6) is 0.755. The van der Waals surface area contributed by atoms with E-state index >= 15 is 0 Å². The molecule has 188 valence electrons. The Hall–Kier alpha value is -4.20. The lowest BCUT2D eigenvalue weighted by Crippen LogP contribution is -2.36. The molecular weight excluding hydrogens is 468 g/mol. The van der Waals surface area contributed by atoms with Crippen molar-refractivity contribution in [2.45, 2.75) is 24.9 Å². The molecule has 2 heterocycles. The quantitative estimate of drug-likeness (QED) is 0.289. The van der Waals surface area contributed by atoms with E-state index in [1.165, 1.54) is 16.8 Å². The highest BCUT2D eigenvalue weighted by atomic mass is 16.6. The first-order chi connectivity index (χ1) is 18.0. The maximum Gasteiger partial charge on any atom is 0.330 e. The second kappa shape index (κ2) is 10.4. The van der Waals surface area contributed by atoms with Gasteiger partial charge in [-0.15, -0.1) is 0 Å². The largest absolute Gasteiger partial charge is 0.497 e. The first kappa shape index (κ1) is 24.5. The van der Waals surface area contributed by atoms with Gasteiger partial charge >= 0.3 is 5.69 Å². The fraction of sp³-hybridized carbons (Fsp3) is 0.200. The van der Waals surface area contributed by atoms with Crippen LogP contribution >= 0.6 is 0 Å². The highest BCUT2D eigenvalue weighted by Gasteiger charge is 2.39. The average molecular weight is 497 g/mol. The summed E-state index contributed by atoms with van der Waals surface area (Å²) in [7, 11) is 1.64. The number of ether oxygens (including phenoxy) is 3. The zero-order chi connectivity index (χ0) is 25.8. The second-order valence-electron chi connectivity index (χ2n) is 8.91. The molecule has 37 heavy (non-hydrogen) atoms. The molecule has 0 aliphatic carbocycles. The van der Waals surface area contributed by atoms with Gasteiger partial charge in [-0.3, -0.25) is 14.3 Å². The van der Waals surface area contributed by atoms with Gasteiger partial charge in [0.05, 0.1) is 13.7 Å². The Morgan fingerprint density at radius 3 is 2.03 bits per heavy atom. The minimum Gasteiger partial charge on any atom is -0.497 e. The van der Waals surface area contributed by atoms with Crippen LogP contribution in [0.2, 0.25) is 0 Å². The van der Waals surface area contributed by atoms with E-state index in [1.807, 2.05) is 73.7 Å². The Kier molecular flexibility index (Phi) is 6.90. The molecule has 0 fully saturated rings. The lowest BCUT2D eigenvalue weighted by Gasteiger charge is -2.36. The summed E-state index contributed by atoms with van der Waals surface area (Å²) >= 11 is 0. The Morgan fingerprint density at radius 1 is 0.865 bits per heavy atom. The highest BCUT2D eigenvalue weighted by molar-refractivity contribution is 5.48. The van der Waals surface area contributed by atoms with E-state index in [9.17, 15) is 9.59 Å². The van der Waals surface area contributed by atoms with Gasteiger partial charge in [-0.25, -0.2) is 4.79 Å². The lowest BCUT2D eigenvalue weighted by molar-refractivity contribution is -0.0702. The third-order valence-corrected chi connectivity index (χ3v) is 6.57.